The highest BCUT2D eigenvalue weighted by molar-refractivity contribution is 5.79. The zero-order valence-corrected chi connectivity index (χ0v) is 18.9. The summed E-state index contributed by atoms with van der Waals surface area (Å²) >= 11 is 0. The zero-order valence-electron chi connectivity index (χ0n) is 18.9. The van der Waals surface area contributed by atoms with Crippen LogP contribution in [-0.2, 0) is 19.0 Å². The number of benzene rings is 2. The Balaban J connectivity index is 1.51. The van der Waals surface area contributed by atoms with Crippen LogP contribution in [0, 0.1) is 0 Å². The van der Waals surface area contributed by atoms with Crippen LogP contribution < -0.4 is 10.2 Å². The van der Waals surface area contributed by atoms with Gasteiger partial charge in [-0.2, -0.15) is 13.2 Å². The van der Waals surface area contributed by atoms with E-state index in [4.69, 9.17) is 0 Å². The van der Waals surface area contributed by atoms with E-state index in [9.17, 15) is 18.3 Å². The van der Waals surface area contributed by atoms with Crippen LogP contribution in [0.3, 0.4) is 0 Å². The van der Waals surface area contributed by atoms with Crippen molar-refractivity contribution in [3.63, 3.8) is 0 Å². The fraction of sp³-hybridized carbons (Fsp3) is 0.385. The summed E-state index contributed by atoms with van der Waals surface area (Å²) in [5.41, 5.74) is 4.09. The monoisotopic (exact) mass is 468 g/mol. The summed E-state index contributed by atoms with van der Waals surface area (Å²) in [6, 6.07) is 11.7. The summed E-state index contributed by atoms with van der Waals surface area (Å²) in [5, 5.41) is 13.4. The van der Waals surface area contributed by atoms with Gasteiger partial charge in [0, 0.05) is 42.5 Å². The zero-order chi connectivity index (χ0) is 23.9. The molecule has 0 bridgehead atoms. The van der Waals surface area contributed by atoms with Gasteiger partial charge in [-0.15, -0.1) is 0 Å². The molecule has 1 saturated carbocycles. The Morgan fingerprint density at radius 1 is 1.03 bits per heavy atom. The maximum absolute atomic E-state index is 13.5. The molecule has 1 atom stereocenters. The van der Waals surface area contributed by atoms with Crippen molar-refractivity contribution in [3.8, 4) is 11.3 Å². The highest BCUT2D eigenvalue weighted by Crippen LogP contribution is 2.39. The molecule has 1 unspecified atom stereocenters. The molecule has 1 aromatic heterocycles. The molecule has 8 heteroatoms. The van der Waals surface area contributed by atoms with Crippen molar-refractivity contribution in [2.24, 2.45) is 0 Å². The summed E-state index contributed by atoms with van der Waals surface area (Å²) in [5.74, 6) is 0.550. The Labute approximate surface area is 196 Å². The molecule has 0 aliphatic heterocycles. The average molecular weight is 469 g/mol. The van der Waals surface area contributed by atoms with Gasteiger partial charge in [0.15, 0.2) is 0 Å². The lowest BCUT2D eigenvalue weighted by molar-refractivity contribution is -0.137. The molecule has 1 heterocycles. The van der Waals surface area contributed by atoms with Gasteiger partial charge in [0.05, 0.1) is 17.4 Å². The van der Waals surface area contributed by atoms with E-state index in [2.05, 4.69) is 15.3 Å². The van der Waals surface area contributed by atoms with Gasteiger partial charge < -0.3 is 15.3 Å². The van der Waals surface area contributed by atoms with E-state index in [1.807, 2.05) is 30.1 Å². The molecule has 3 aromatic rings. The smallest absolute Gasteiger partial charge is 0.392 e. The van der Waals surface area contributed by atoms with Crippen LogP contribution in [0.4, 0.5) is 30.4 Å². The molecular formula is C26H27F3N4O. The van der Waals surface area contributed by atoms with E-state index in [1.54, 1.807) is 6.07 Å². The Bertz CT molecular complexity index is 1190. The third kappa shape index (κ3) is 4.46. The van der Waals surface area contributed by atoms with Crippen LogP contribution in [-0.4, -0.2) is 34.3 Å². The molecule has 2 aromatic carbocycles. The predicted octanol–water partition coefficient (Wildman–Crippen LogP) is 5.74. The number of anilines is 3. The molecule has 2 aliphatic rings. The Hall–Kier alpha value is -3.13. The minimum Gasteiger partial charge on any atom is -0.392 e. The van der Waals surface area contributed by atoms with E-state index >= 15 is 0 Å². The van der Waals surface area contributed by atoms with Gasteiger partial charge in [-0.05, 0) is 48.6 Å². The third-order valence-electron chi connectivity index (χ3n) is 6.95. The Kier molecular flexibility index (Phi) is 5.93. The van der Waals surface area contributed by atoms with Crippen molar-refractivity contribution >= 4 is 17.2 Å². The molecule has 0 amide bonds. The van der Waals surface area contributed by atoms with Gasteiger partial charge in [0.25, 0.3) is 0 Å². The van der Waals surface area contributed by atoms with Gasteiger partial charge in [-0.3, -0.25) is 0 Å². The van der Waals surface area contributed by atoms with Crippen LogP contribution in [0.25, 0.3) is 11.3 Å². The molecule has 2 N–H and O–H groups in total. The van der Waals surface area contributed by atoms with Gasteiger partial charge in [-0.25, -0.2) is 9.97 Å². The molecule has 0 saturated heterocycles. The number of halogens is 3. The molecule has 34 heavy (non-hydrogen) atoms. The molecule has 5 rings (SSSR count). The number of fused-ring (bicyclic) bond motifs is 1. The van der Waals surface area contributed by atoms with Gasteiger partial charge in [-0.1, -0.05) is 31.0 Å². The van der Waals surface area contributed by atoms with Crippen LogP contribution in [0.1, 0.15) is 42.4 Å². The summed E-state index contributed by atoms with van der Waals surface area (Å²) in [7, 11) is 1.87. The van der Waals surface area contributed by atoms with Gasteiger partial charge in [0.1, 0.15) is 12.1 Å². The summed E-state index contributed by atoms with van der Waals surface area (Å²) in [6.07, 6.45) is 1.92. The number of rotatable bonds is 5. The van der Waals surface area contributed by atoms with Crippen LogP contribution in [0.15, 0.2) is 48.8 Å². The molecule has 0 radical (unpaired) electrons. The number of hydrogen-bond donors (Lipinski definition) is 2. The Morgan fingerprint density at radius 3 is 2.59 bits per heavy atom. The number of aromatic nitrogens is 2. The van der Waals surface area contributed by atoms with Crippen LogP contribution in [0.5, 0.6) is 0 Å². The normalized spacial score (nSPS) is 18.2. The minimum absolute atomic E-state index is 0.208. The first-order valence-electron chi connectivity index (χ1n) is 11.6. The van der Waals surface area contributed by atoms with Crippen molar-refractivity contribution in [2.45, 2.75) is 56.8 Å². The quantitative estimate of drug-likeness (QED) is 0.500. The van der Waals surface area contributed by atoms with Gasteiger partial charge >= 0.3 is 6.18 Å². The molecule has 178 valence electrons. The molecule has 0 spiro atoms. The second-order valence-corrected chi connectivity index (χ2v) is 9.20. The Morgan fingerprint density at radius 2 is 1.82 bits per heavy atom. The van der Waals surface area contributed by atoms with Crippen LogP contribution >= 0.6 is 0 Å². The lowest BCUT2D eigenvalue weighted by atomic mass is 10.0. The lowest BCUT2D eigenvalue weighted by Crippen LogP contribution is -2.29. The van der Waals surface area contributed by atoms with E-state index in [0.717, 1.165) is 48.6 Å². The van der Waals surface area contributed by atoms with E-state index in [-0.39, 0.29) is 12.1 Å². The first kappa shape index (κ1) is 22.7. The first-order valence-corrected chi connectivity index (χ1v) is 11.6. The number of nitrogens with one attached hydrogen (secondary N) is 1. The number of aliphatic hydroxyl groups is 1. The van der Waals surface area contributed by atoms with Crippen molar-refractivity contribution in [1.82, 2.24) is 9.97 Å². The van der Waals surface area contributed by atoms with Crippen molar-refractivity contribution in [3.05, 3.63) is 65.5 Å². The second-order valence-electron chi connectivity index (χ2n) is 9.20. The number of hydrogen-bond acceptors (Lipinski definition) is 5. The maximum atomic E-state index is 13.5. The highest BCUT2D eigenvalue weighted by Gasteiger charge is 2.32. The van der Waals surface area contributed by atoms with Gasteiger partial charge in [0.2, 0.25) is 0 Å². The van der Waals surface area contributed by atoms with Crippen molar-refractivity contribution in [2.75, 3.05) is 17.3 Å². The average Bonchev–Trinajstić information content (AvgIpc) is 3.48. The minimum atomic E-state index is -4.42. The largest absolute Gasteiger partial charge is 0.416 e. The second kappa shape index (κ2) is 8.91. The number of alkyl halides is 3. The molecule has 5 nitrogen and oxygen atoms in total. The molecular weight excluding hydrogens is 441 g/mol. The van der Waals surface area contributed by atoms with Crippen molar-refractivity contribution < 1.29 is 18.3 Å². The summed E-state index contributed by atoms with van der Waals surface area (Å²) in [4.78, 5) is 10.7. The number of aliphatic hydroxyl groups excluding tert-OH is 1. The lowest BCUT2D eigenvalue weighted by Gasteiger charge is -2.29. The maximum Gasteiger partial charge on any atom is 0.416 e. The van der Waals surface area contributed by atoms with E-state index in [1.165, 1.54) is 18.5 Å². The third-order valence-corrected chi connectivity index (χ3v) is 6.95. The number of nitrogens with zero attached hydrogens (tertiary/aromatic N) is 3. The first-order chi connectivity index (χ1) is 16.3. The predicted molar refractivity (Wildman–Crippen MR) is 126 cm³/mol. The molecule has 1 fully saturated rings. The topological polar surface area (TPSA) is 61.3 Å². The highest BCUT2D eigenvalue weighted by atomic mass is 19.4. The van der Waals surface area contributed by atoms with E-state index in [0.29, 0.717) is 35.6 Å². The van der Waals surface area contributed by atoms with E-state index < -0.39 is 11.7 Å². The SMILES string of the molecule is CN(c1cc(C(F)(F)F)ccc1-c1cc(Nc2cccc3c2CC(O)C3)ncn1)C1CCCC1. The molecule has 2 aliphatic carbocycles. The fourth-order valence-corrected chi connectivity index (χ4v) is 5.16. The van der Waals surface area contributed by atoms with Crippen LogP contribution in [0.2, 0.25) is 0 Å². The standard InChI is InChI=1S/C26H27F3N4O/c1-33(18-6-2-3-7-18)24-12-17(26(27,28)29)9-10-20(24)23-14-25(31-15-30-23)32-22-8-4-5-16-11-19(34)13-21(16)22/h4-5,8-10,12,14-15,18-19,34H,2-3,6-7,11,13H2,1H3,(H,30,31,32). The summed E-state index contributed by atoms with van der Waals surface area (Å²) in [6.45, 7) is 0. The fourth-order valence-electron chi connectivity index (χ4n) is 5.16. The summed E-state index contributed by atoms with van der Waals surface area (Å²) < 4.78 is 40.5. The van der Waals surface area contributed by atoms with Crippen molar-refractivity contribution in [1.29, 1.82) is 0 Å².